The van der Waals surface area contributed by atoms with Crippen molar-refractivity contribution in [3.8, 4) is 11.1 Å². The van der Waals surface area contributed by atoms with Crippen LogP contribution in [0, 0.1) is 5.82 Å². The van der Waals surface area contributed by atoms with Crippen LogP contribution in [-0.4, -0.2) is 25.4 Å². The van der Waals surface area contributed by atoms with Crippen molar-refractivity contribution in [1.29, 1.82) is 0 Å². The van der Waals surface area contributed by atoms with E-state index >= 15 is 0 Å². The minimum Gasteiger partial charge on any atom is -0.425 e. The molecule has 0 heterocycles. The van der Waals surface area contributed by atoms with Gasteiger partial charge in [0.1, 0.15) is 5.82 Å². The van der Waals surface area contributed by atoms with Gasteiger partial charge in [-0.15, -0.1) is 0 Å². The molecule has 26 heavy (non-hydrogen) atoms. The molecule has 2 aromatic carbocycles. The van der Waals surface area contributed by atoms with Gasteiger partial charge in [-0.1, -0.05) is 24.3 Å². The standard InChI is InChI=1S/C17H17FN2O5S/c18-14-6-2-12(3-7-14)13-4-8-15(9-5-13)26(23,24)20-17(10-1-11-17)25-16(21)19-22/h2-9,20,22H,1,10-11H2,(H,19,21). The van der Waals surface area contributed by atoms with E-state index in [-0.39, 0.29) is 10.7 Å². The number of rotatable bonds is 5. The molecule has 0 aromatic heterocycles. The Morgan fingerprint density at radius 1 is 1.04 bits per heavy atom. The molecule has 138 valence electrons. The Bertz CT molecular complexity index is 894. The van der Waals surface area contributed by atoms with Crippen molar-refractivity contribution in [3.63, 3.8) is 0 Å². The predicted octanol–water partition coefficient (Wildman–Crippen LogP) is 2.77. The van der Waals surface area contributed by atoms with Crippen LogP contribution in [0.4, 0.5) is 9.18 Å². The Kier molecular flexibility index (Phi) is 4.94. The summed E-state index contributed by atoms with van der Waals surface area (Å²) in [6.07, 6.45) is 0.185. The van der Waals surface area contributed by atoms with Crippen molar-refractivity contribution in [3.05, 3.63) is 54.3 Å². The first-order valence-corrected chi connectivity index (χ1v) is 9.35. The monoisotopic (exact) mass is 380 g/mol. The molecule has 3 rings (SSSR count). The third-order valence-electron chi connectivity index (χ3n) is 4.20. The molecule has 0 saturated heterocycles. The molecule has 0 atom stereocenters. The lowest BCUT2D eigenvalue weighted by Crippen LogP contribution is -2.57. The fraction of sp³-hybridized carbons (Fsp3) is 0.235. The fourth-order valence-electron chi connectivity index (χ4n) is 2.70. The zero-order chi connectivity index (χ0) is 18.8. The van der Waals surface area contributed by atoms with E-state index in [1.54, 1.807) is 24.3 Å². The molecule has 1 aliphatic rings. The van der Waals surface area contributed by atoms with Gasteiger partial charge >= 0.3 is 6.09 Å². The summed E-state index contributed by atoms with van der Waals surface area (Å²) in [6, 6.07) is 11.9. The number of hydroxylamine groups is 1. The highest BCUT2D eigenvalue weighted by Gasteiger charge is 2.44. The predicted molar refractivity (Wildman–Crippen MR) is 90.1 cm³/mol. The Hall–Kier alpha value is -2.49. The quantitative estimate of drug-likeness (QED) is 0.420. The van der Waals surface area contributed by atoms with Crippen LogP contribution in [0.15, 0.2) is 53.4 Å². The molecule has 0 bridgehead atoms. The van der Waals surface area contributed by atoms with E-state index in [2.05, 4.69) is 4.72 Å². The highest BCUT2D eigenvalue weighted by Crippen LogP contribution is 2.35. The first-order chi connectivity index (χ1) is 12.3. The van der Waals surface area contributed by atoms with E-state index < -0.39 is 21.8 Å². The highest BCUT2D eigenvalue weighted by molar-refractivity contribution is 7.89. The number of sulfonamides is 1. The number of carbonyl (C=O) groups is 1. The average Bonchev–Trinajstić information content (AvgIpc) is 2.60. The van der Waals surface area contributed by atoms with Gasteiger partial charge in [-0.05, 0) is 41.8 Å². The topological polar surface area (TPSA) is 105 Å². The molecular weight excluding hydrogens is 363 g/mol. The highest BCUT2D eigenvalue weighted by atomic mass is 32.2. The fourth-order valence-corrected chi connectivity index (χ4v) is 4.04. The Morgan fingerprint density at radius 2 is 1.58 bits per heavy atom. The van der Waals surface area contributed by atoms with Gasteiger partial charge in [-0.3, -0.25) is 5.21 Å². The Balaban J connectivity index is 1.79. The van der Waals surface area contributed by atoms with Gasteiger partial charge in [-0.2, -0.15) is 4.72 Å². The van der Waals surface area contributed by atoms with Gasteiger partial charge in [0.25, 0.3) is 0 Å². The number of carbonyl (C=O) groups excluding carboxylic acids is 1. The molecule has 7 nitrogen and oxygen atoms in total. The molecule has 0 spiro atoms. The van der Waals surface area contributed by atoms with Crippen LogP contribution in [-0.2, 0) is 14.8 Å². The molecule has 2 aromatic rings. The molecule has 1 fully saturated rings. The van der Waals surface area contributed by atoms with Crippen molar-refractivity contribution in [1.82, 2.24) is 10.2 Å². The van der Waals surface area contributed by atoms with Crippen LogP contribution >= 0.6 is 0 Å². The zero-order valence-electron chi connectivity index (χ0n) is 13.6. The molecule has 9 heteroatoms. The molecule has 1 aliphatic carbocycles. The van der Waals surface area contributed by atoms with Gasteiger partial charge in [0.15, 0.2) is 5.72 Å². The summed E-state index contributed by atoms with van der Waals surface area (Å²) < 4.78 is 45.5. The summed E-state index contributed by atoms with van der Waals surface area (Å²) in [5.41, 5.74) is 1.45. The Labute approximate surface area is 149 Å². The van der Waals surface area contributed by atoms with Crippen LogP contribution in [0.5, 0.6) is 0 Å². The van der Waals surface area contributed by atoms with E-state index in [0.717, 1.165) is 11.1 Å². The van der Waals surface area contributed by atoms with E-state index in [4.69, 9.17) is 9.94 Å². The zero-order valence-corrected chi connectivity index (χ0v) is 14.4. The summed E-state index contributed by atoms with van der Waals surface area (Å²) >= 11 is 0. The summed E-state index contributed by atoms with van der Waals surface area (Å²) in [4.78, 5) is 11.2. The summed E-state index contributed by atoms with van der Waals surface area (Å²) in [5, 5.41) is 8.56. The molecule has 0 radical (unpaired) electrons. The Morgan fingerprint density at radius 3 is 2.04 bits per heavy atom. The molecule has 0 aliphatic heterocycles. The lowest BCUT2D eigenvalue weighted by Gasteiger charge is -2.40. The first kappa shape index (κ1) is 18.3. The first-order valence-electron chi connectivity index (χ1n) is 7.87. The lowest BCUT2D eigenvalue weighted by atomic mass is 9.89. The maximum absolute atomic E-state index is 13.0. The van der Waals surface area contributed by atoms with E-state index in [1.807, 2.05) is 0 Å². The maximum Gasteiger partial charge on any atom is 0.432 e. The number of nitrogens with one attached hydrogen (secondary N) is 2. The minimum absolute atomic E-state index is 0.00245. The largest absolute Gasteiger partial charge is 0.432 e. The van der Waals surface area contributed by atoms with E-state index in [0.29, 0.717) is 19.3 Å². The summed E-state index contributed by atoms with van der Waals surface area (Å²) in [6.45, 7) is 0. The smallest absolute Gasteiger partial charge is 0.425 e. The van der Waals surface area contributed by atoms with Gasteiger partial charge in [-0.25, -0.2) is 23.1 Å². The molecule has 1 saturated carbocycles. The van der Waals surface area contributed by atoms with Crippen LogP contribution in [0.1, 0.15) is 19.3 Å². The number of amides is 1. The normalized spacial score (nSPS) is 15.8. The number of benzene rings is 2. The average molecular weight is 380 g/mol. The van der Waals surface area contributed by atoms with E-state index in [9.17, 15) is 17.6 Å². The second kappa shape index (κ2) is 7.02. The second-order valence-corrected chi connectivity index (χ2v) is 7.67. The lowest BCUT2D eigenvalue weighted by molar-refractivity contribution is -0.0677. The summed E-state index contributed by atoms with van der Waals surface area (Å²) in [7, 11) is -3.93. The van der Waals surface area contributed by atoms with Crippen molar-refractivity contribution >= 4 is 16.1 Å². The van der Waals surface area contributed by atoms with Crippen LogP contribution < -0.4 is 10.2 Å². The second-order valence-electron chi connectivity index (χ2n) is 5.99. The molecule has 0 unspecified atom stereocenters. The third kappa shape index (κ3) is 3.85. The SMILES string of the molecule is O=C(NO)OC1(NS(=O)(=O)c2ccc(-c3ccc(F)cc3)cc2)CCC1. The third-order valence-corrected chi connectivity index (χ3v) is 5.74. The number of halogens is 1. The molecular formula is C17H17FN2O5S. The molecule has 1 amide bonds. The number of hydrogen-bond donors (Lipinski definition) is 3. The van der Waals surface area contributed by atoms with Gasteiger partial charge in [0, 0.05) is 12.8 Å². The van der Waals surface area contributed by atoms with Gasteiger partial charge in [0.2, 0.25) is 10.0 Å². The van der Waals surface area contributed by atoms with Crippen LogP contribution in [0.25, 0.3) is 11.1 Å². The number of ether oxygens (including phenoxy) is 1. The maximum atomic E-state index is 13.0. The van der Waals surface area contributed by atoms with Gasteiger partial charge in [0.05, 0.1) is 4.90 Å². The van der Waals surface area contributed by atoms with Crippen molar-refractivity contribution in [2.75, 3.05) is 0 Å². The summed E-state index contributed by atoms with van der Waals surface area (Å²) in [5.74, 6) is -0.352. The molecule has 3 N–H and O–H groups in total. The minimum atomic E-state index is -3.93. The van der Waals surface area contributed by atoms with E-state index in [1.165, 1.54) is 29.7 Å². The van der Waals surface area contributed by atoms with Crippen molar-refractivity contribution in [2.24, 2.45) is 0 Å². The van der Waals surface area contributed by atoms with Gasteiger partial charge < -0.3 is 4.74 Å². The van der Waals surface area contributed by atoms with Crippen LogP contribution in [0.2, 0.25) is 0 Å². The van der Waals surface area contributed by atoms with Crippen LogP contribution in [0.3, 0.4) is 0 Å². The van der Waals surface area contributed by atoms with Crippen molar-refractivity contribution < 1.29 is 27.5 Å². The number of hydrogen-bond acceptors (Lipinski definition) is 5. The van der Waals surface area contributed by atoms with Crippen molar-refractivity contribution in [2.45, 2.75) is 29.9 Å².